The molecule has 0 aromatic rings. The number of carbonyl (C=O) groups excluding carboxylic acids is 1. The van der Waals surface area contributed by atoms with Crippen molar-refractivity contribution in [2.24, 2.45) is 0 Å². The molecule has 0 aliphatic carbocycles. The van der Waals surface area contributed by atoms with Gasteiger partial charge in [0.25, 0.3) is 0 Å². The lowest BCUT2D eigenvalue weighted by Gasteiger charge is -2.40. The molecule has 6 N–H and O–H groups in total. The number of hydrogen-bond donors (Lipinski definition) is 6. The van der Waals surface area contributed by atoms with E-state index < -0.39 is 49.5 Å². The van der Waals surface area contributed by atoms with E-state index in [0.717, 1.165) is 64.2 Å². The Kier molecular flexibility index (Phi) is 34.5. The van der Waals surface area contributed by atoms with Crippen LogP contribution in [0.3, 0.4) is 0 Å². The molecule has 0 spiro atoms. The first-order chi connectivity index (χ1) is 27.3. The van der Waals surface area contributed by atoms with Gasteiger partial charge < -0.3 is 40.3 Å². The topological polar surface area (TPSA) is 149 Å². The molecule has 0 aromatic carbocycles. The van der Waals surface area contributed by atoms with Gasteiger partial charge in [0, 0.05) is 6.42 Å². The third-order valence-electron chi connectivity index (χ3n) is 10.3. The maximum atomic E-state index is 12.9. The van der Waals surface area contributed by atoms with E-state index in [1.807, 2.05) is 6.08 Å². The summed E-state index contributed by atoms with van der Waals surface area (Å²) in [4.78, 5) is 12.9. The highest BCUT2D eigenvalue weighted by molar-refractivity contribution is 5.76. The van der Waals surface area contributed by atoms with Crippen LogP contribution in [0.5, 0.6) is 0 Å². The number of aliphatic hydroxyl groups excluding tert-OH is 5. The third kappa shape index (κ3) is 27.5. The fraction of sp³-hybridized carbons (Fsp3) is 0.766. The van der Waals surface area contributed by atoms with Crippen LogP contribution in [-0.2, 0) is 14.3 Å². The summed E-state index contributed by atoms with van der Waals surface area (Å²) < 4.78 is 11.2. The molecule has 9 heteroatoms. The molecule has 0 saturated carbocycles. The first kappa shape index (κ1) is 51.9. The summed E-state index contributed by atoms with van der Waals surface area (Å²) in [7, 11) is 0. The SMILES string of the molecule is CC/C=C\C/C=C\CCCCCCCCCCCCCCCCC(=O)NC(COC1OC(CO)C(O)C(O)C1O)C(O)/C=C/CC/C=C/CC/C=C/CCCC. The summed E-state index contributed by atoms with van der Waals surface area (Å²) in [5.41, 5.74) is 0. The summed E-state index contributed by atoms with van der Waals surface area (Å²) >= 11 is 0. The molecule has 1 amide bonds. The van der Waals surface area contributed by atoms with Crippen molar-refractivity contribution in [2.75, 3.05) is 13.2 Å². The second kappa shape index (κ2) is 37.2. The zero-order valence-corrected chi connectivity index (χ0v) is 35.4. The van der Waals surface area contributed by atoms with Crippen molar-refractivity contribution in [3.63, 3.8) is 0 Å². The molecule has 0 aromatic heterocycles. The third-order valence-corrected chi connectivity index (χ3v) is 10.3. The Bertz CT molecular complexity index is 1060. The molecule has 0 radical (unpaired) electrons. The predicted molar refractivity (Wildman–Crippen MR) is 230 cm³/mol. The number of hydrogen-bond acceptors (Lipinski definition) is 8. The van der Waals surface area contributed by atoms with Crippen molar-refractivity contribution >= 4 is 5.91 Å². The molecule has 56 heavy (non-hydrogen) atoms. The van der Waals surface area contributed by atoms with Crippen molar-refractivity contribution in [2.45, 2.75) is 217 Å². The standard InChI is InChI=1S/C47H83NO8/c1-3-5-7-9-11-13-15-17-18-19-20-21-22-23-24-25-27-29-31-33-35-37-43(51)48-40(39-55-47-46(54)45(53)44(52)42(38-49)56-47)41(50)36-34-32-30-28-26-16-14-12-10-8-6-4-2/h5,7,10-13,26,28,34,36,40-42,44-47,49-50,52-54H,3-4,6,8-9,14-25,27,29-33,35,37-39H2,1-2H3,(H,48,51)/b7-5-,12-10+,13-11-,28-26+,36-34+. The molecule has 1 saturated heterocycles. The van der Waals surface area contributed by atoms with Crippen LogP contribution in [0.4, 0.5) is 0 Å². The molecular formula is C47H83NO8. The lowest BCUT2D eigenvalue weighted by atomic mass is 9.99. The Morgan fingerprint density at radius 1 is 0.625 bits per heavy atom. The van der Waals surface area contributed by atoms with Crippen LogP contribution < -0.4 is 5.32 Å². The highest BCUT2D eigenvalue weighted by atomic mass is 16.7. The smallest absolute Gasteiger partial charge is 0.220 e. The summed E-state index contributed by atoms with van der Waals surface area (Å²) in [6.45, 7) is 3.58. The summed E-state index contributed by atoms with van der Waals surface area (Å²) in [6.07, 6.45) is 41.3. The van der Waals surface area contributed by atoms with E-state index in [0.29, 0.717) is 6.42 Å². The second-order valence-corrected chi connectivity index (χ2v) is 15.4. The van der Waals surface area contributed by atoms with Crippen molar-refractivity contribution < 1.29 is 39.8 Å². The van der Waals surface area contributed by atoms with Gasteiger partial charge in [-0.05, 0) is 64.2 Å². The maximum Gasteiger partial charge on any atom is 0.220 e. The van der Waals surface area contributed by atoms with Gasteiger partial charge in [-0.2, -0.15) is 0 Å². The van der Waals surface area contributed by atoms with Crippen LogP contribution in [0.25, 0.3) is 0 Å². The van der Waals surface area contributed by atoms with Crippen LogP contribution in [-0.4, -0.2) is 87.5 Å². The number of aliphatic hydroxyl groups is 5. The van der Waals surface area contributed by atoms with Gasteiger partial charge in [0.05, 0.1) is 25.4 Å². The first-order valence-electron chi connectivity index (χ1n) is 22.5. The van der Waals surface area contributed by atoms with E-state index in [1.54, 1.807) is 6.08 Å². The number of carbonyl (C=O) groups is 1. The van der Waals surface area contributed by atoms with E-state index in [1.165, 1.54) is 89.9 Å². The first-order valence-corrected chi connectivity index (χ1v) is 22.5. The Balaban J connectivity index is 2.33. The van der Waals surface area contributed by atoms with Crippen molar-refractivity contribution in [1.29, 1.82) is 0 Å². The van der Waals surface area contributed by atoms with E-state index in [4.69, 9.17) is 9.47 Å². The lowest BCUT2D eigenvalue weighted by molar-refractivity contribution is -0.302. The number of ether oxygens (including phenoxy) is 2. The van der Waals surface area contributed by atoms with E-state index in [2.05, 4.69) is 67.8 Å². The quantitative estimate of drug-likeness (QED) is 0.0272. The zero-order chi connectivity index (χ0) is 40.9. The molecule has 324 valence electrons. The van der Waals surface area contributed by atoms with Gasteiger partial charge in [-0.25, -0.2) is 0 Å². The van der Waals surface area contributed by atoms with Crippen LogP contribution in [0.15, 0.2) is 60.8 Å². The minimum absolute atomic E-state index is 0.196. The molecule has 1 aliphatic rings. The Labute approximate surface area is 341 Å². The van der Waals surface area contributed by atoms with Gasteiger partial charge in [0.15, 0.2) is 6.29 Å². The number of allylic oxidation sites excluding steroid dienone is 9. The molecule has 7 unspecified atom stereocenters. The Morgan fingerprint density at radius 3 is 1.70 bits per heavy atom. The van der Waals surface area contributed by atoms with Gasteiger partial charge in [-0.3, -0.25) is 4.79 Å². The molecule has 1 rings (SSSR count). The van der Waals surface area contributed by atoms with E-state index in [-0.39, 0.29) is 12.5 Å². The Morgan fingerprint density at radius 2 is 1.12 bits per heavy atom. The zero-order valence-electron chi connectivity index (χ0n) is 35.4. The number of unbranched alkanes of at least 4 members (excludes halogenated alkanes) is 18. The highest BCUT2D eigenvalue weighted by Crippen LogP contribution is 2.22. The summed E-state index contributed by atoms with van der Waals surface area (Å²) in [5, 5.41) is 54.1. The van der Waals surface area contributed by atoms with Gasteiger partial charge in [-0.15, -0.1) is 0 Å². The predicted octanol–water partition coefficient (Wildman–Crippen LogP) is 9.22. The molecule has 7 atom stereocenters. The van der Waals surface area contributed by atoms with Crippen LogP contribution in [0.1, 0.15) is 174 Å². The largest absolute Gasteiger partial charge is 0.394 e. The van der Waals surface area contributed by atoms with Gasteiger partial charge in [0.1, 0.15) is 24.4 Å². The van der Waals surface area contributed by atoms with E-state index in [9.17, 15) is 30.3 Å². The number of amides is 1. The minimum atomic E-state index is -1.57. The number of nitrogens with one attached hydrogen (secondary N) is 1. The second-order valence-electron chi connectivity index (χ2n) is 15.4. The fourth-order valence-corrected chi connectivity index (χ4v) is 6.68. The van der Waals surface area contributed by atoms with Gasteiger partial charge in [-0.1, -0.05) is 164 Å². The molecule has 9 nitrogen and oxygen atoms in total. The van der Waals surface area contributed by atoms with Crippen LogP contribution >= 0.6 is 0 Å². The molecule has 0 bridgehead atoms. The van der Waals surface area contributed by atoms with Crippen molar-refractivity contribution in [3.8, 4) is 0 Å². The molecular weight excluding hydrogens is 707 g/mol. The molecule has 1 aliphatic heterocycles. The lowest BCUT2D eigenvalue weighted by Crippen LogP contribution is -2.60. The van der Waals surface area contributed by atoms with Crippen LogP contribution in [0.2, 0.25) is 0 Å². The monoisotopic (exact) mass is 790 g/mol. The van der Waals surface area contributed by atoms with Gasteiger partial charge >= 0.3 is 0 Å². The summed E-state index contributed by atoms with van der Waals surface area (Å²) in [6, 6.07) is -0.827. The van der Waals surface area contributed by atoms with Crippen molar-refractivity contribution in [3.05, 3.63) is 60.8 Å². The maximum absolute atomic E-state index is 12.9. The normalized spacial score (nSPS) is 21.7. The number of rotatable bonds is 36. The highest BCUT2D eigenvalue weighted by Gasteiger charge is 2.44. The fourth-order valence-electron chi connectivity index (χ4n) is 6.68. The van der Waals surface area contributed by atoms with Crippen LogP contribution in [0, 0.1) is 0 Å². The average Bonchev–Trinajstić information content (AvgIpc) is 3.20. The molecule has 1 fully saturated rings. The Hall–Kier alpha value is -2.11. The summed E-state index contributed by atoms with van der Waals surface area (Å²) in [5.74, 6) is -0.196. The average molecular weight is 790 g/mol. The van der Waals surface area contributed by atoms with Crippen molar-refractivity contribution in [1.82, 2.24) is 5.32 Å². The molecule has 1 heterocycles. The van der Waals surface area contributed by atoms with Gasteiger partial charge in [0.2, 0.25) is 5.91 Å². The minimum Gasteiger partial charge on any atom is -0.394 e. The van der Waals surface area contributed by atoms with E-state index >= 15 is 0 Å².